The van der Waals surface area contributed by atoms with E-state index in [0.29, 0.717) is 11.5 Å². The van der Waals surface area contributed by atoms with E-state index < -0.39 is 11.6 Å². The first-order chi connectivity index (χ1) is 9.16. The standard InChI is InChI=1S/C14H12F2N2S/c15-12-5-3-6-13(16)11(12)8-14(19)18-9-10-4-1-2-7-17-10/h1-7H,8-9H2,(H,18,19). The summed E-state index contributed by atoms with van der Waals surface area (Å²) in [5.41, 5.74) is 0.805. The van der Waals surface area contributed by atoms with E-state index in [-0.39, 0.29) is 12.0 Å². The van der Waals surface area contributed by atoms with Gasteiger partial charge in [0.1, 0.15) is 11.6 Å². The van der Waals surface area contributed by atoms with Gasteiger partial charge in [-0.25, -0.2) is 8.78 Å². The van der Waals surface area contributed by atoms with Crippen molar-refractivity contribution in [3.05, 3.63) is 65.5 Å². The molecule has 0 aliphatic rings. The highest BCUT2D eigenvalue weighted by Crippen LogP contribution is 2.13. The minimum atomic E-state index is -0.581. The molecule has 2 rings (SSSR count). The Bertz CT molecular complexity index is 553. The molecule has 0 radical (unpaired) electrons. The van der Waals surface area contributed by atoms with Crippen LogP contribution in [0.5, 0.6) is 0 Å². The summed E-state index contributed by atoms with van der Waals surface area (Å²) >= 11 is 5.08. The van der Waals surface area contributed by atoms with Crippen LogP contribution in [-0.4, -0.2) is 9.97 Å². The zero-order chi connectivity index (χ0) is 13.7. The SMILES string of the molecule is Fc1cccc(F)c1CC(=S)NCc1ccccn1. The second-order valence-electron chi connectivity index (χ2n) is 3.97. The number of nitrogens with zero attached hydrogens (tertiary/aromatic N) is 1. The number of pyridine rings is 1. The van der Waals surface area contributed by atoms with E-state index in [9.17, 15) is 8.78 Å². The second-order valence-corrected chi connectivity index (χ2v) is 4.47. The number of nitrogens with one attached hydrogen (secondary N) is 1. The second kappa shape index (κ2) is 6.33. The Kier molecular flexibility index (Phi) is 4.52. The quantitative estimate of drug-likeness (QED) is 0.870. The number of halogens is 2. The Morgan fingerprint density at radius 3 is 2.47 bits per heavy atom. The summed E-state index contributed by atoms with van der Waals surface area (Å²) in [6, 6.07) is 9.30. The average molecular weight is 278 g/mol. The van der Waals surface area contributed by atoms with Gasteiger partial charge in [0, 0.05) is 18.2 Å². The summed E-state index contributed by atoms with van der Waals surface area (Å²) in [5.74, 6) is -1.16. The minimum Gasteiger partial charge on any atom is -0.374 e. The molecule has 1 N–H and O–H groups in total. The van der Waals surface area contributed by atoms with E-state index in [0.717, 1.165) is 5.69 Å². The topological polar surface area (TPSA) is 24.9 Å². The van der Waals surface area contributed by atoms with E-state index in [2.05, 4.69) is 10.3 Å². The molecule has 0 fully saturated rings. The van der Waals surface area contributed by atoms with Crippen molar-refractivity contribution in [2.75, 3.05) is 0 Å². The van der Waals surface area contributed by atoms with E-state index in [1.165, 1.54) is 18.2 Å². The normalized spacial score (nSPS) is 10.2. The van der Waals surface area contributed by atoms with Crippen molar-refractivity contribution in [3.8, 4) is 0 Å². The van der Waals surface area contributed by atoms with Gasteiger partial charge in [-0.05, 0) is 24.3 Å². The number of hydrogen-bond acceptors (Lipinski definition) is 2. The van der Waals surface area contributed by atoms with Crippen LogP contribution in [0.15, 0.2) is 42.6 Å². The number of hydrogen-bond donors (Lipinski definition) is 1. The van der Waals surface area contributed by atoms with Crippen molar-refractivity contribution >= 4 is 17.2 Å². The van der Waals surface area contributed by atoms with Crippen molar-refractivity contribution in [1.82, 2.24) is 10.3 Å². The molecule has 0 saturated carbocycles. The van der Waals surface area contributed by atoms with Crippen LogP contribution in [0.3, 0.4) is 0 Å². The molecule has 1 heterocycles. The largest absolute Gasteiger partial charge is 0.374 e. The highest BCUT2D eigenvalue weighted by molar-refractivity contribution is 7.80. The van der Waals surface area contributed by atoms with E-state index in [1.54, 1.807) is 6.20 Å². The lowest BCUT2D eigenvalue weighted by atomic mass is 10.1. The molecule has 19 heavy (non-hydrogen) atoms. The van der Waals surface area contributed by atoms with Gasteiger partial charge >= 0.3 is 0 Å². The fourth-order valence-corrected chi connectivity index (χ4v) is 1.83. The summed E-state index contributed by atoms with van der Waals surface area (Å²) in [4.78, 5) is 4.51. The molecule has 0 bridgehead atoms. The Hall–Kier alpha value is -1.88. The van der Waals surface area contributed by atoms with Gasteiger partial charge in [0.15, 0.2) is 0 Å². The molecule has 0 atom stereocenters. The first-order valence-electron chi connectivity index (χ1n) is 5.76. The van der Waals surface area contributed by atoms with Crippen molar-refractivity contribution < 1.29 is 8.78 Å². The van der Waals surface area contributed by atoms with Crippen LogP contribution in [-0.2, 0) is 13.0 Å². The lowest BCUT2D eigenvalue weighted by molar-refractivity contribution is 0.564. The zero-order valence-electron chi connectivity index (χ0n) is 10.1. The summed E-state index contributed by atoms with van der Waals surface area (Å²) in [7, 11) is 0. The molecule has 98 valence electrons. The first kappa shape index (κ1) is 13.5. The van der Waals surface area contributed by atoms with Crippen molar-refractivity contribution in [3.63, 3.8) is 0 Å². The highest BCUT2D eigenvalue weighted by atomic mass is 32.1. The Labute approximate surface area is 115 Å². The molecule has 0 saturated heterocycles. The molecule has 0 aliphatic carbocycles. The van der Waals surface area contributed by atoms with Crippen LogP contribution < -0.4 is 5.32 Å². The van der Waals surface area contributed by atoms with Crippen molar-refractivity contribution in [2.24, 2.45) is 0 Å². The van der Waals surface area contributed by atoms with Gasteiger partial charge in [-0.2, -0.15) is 0 Å². The summed E-state index contributed by atoms with van der Waals surface area (Å²) in [5, 5.41) is 2.94. The van der Waals surface area contributed by atoms with E-state index >= 15 is 0 Å². The minimum absolute atomic E-state index is 0.0129. The number of benzene rings is 1. The highest BCUT2D eigenvalue weighted by Gasteiger charge is 2.10. The molecular weight excluding hydrogens is 266 g/mol. The fraction of sp³-hybridized carbons (Fsp3) is 0.143. The van der Waals surface area contributed by atoms with Crippen LogP contribution >= 0.6 is 12.2 Å². The molecule has 1 aromatic heterocycles. The zero-order valence-corrected chi connectivity index (χ0v) is 10.9. The molecule has 0 amide bonds. The Balaban J connectivity index is 1.95. The molecule has 1 aromatic carbocycles. The van der Waals surface area contributed by atoms with Gasteiger partial charge in [0.05, 0.1) is 17.2 Å². The molecular formula is C14H12F2N2S. The monoisotopic (exact) mass is 278 g/mol. The van der Waals surface area contributed by atoms with Gasteiger partial charge in [-0.1, -0.05) is 24.4 Å². The van der Waals surface area contributed by atoms with Crippen molar-refractivity contribution in [2.45, 2.75) is 13.0 Å². The molecule has 2 nitrogen and oxygen atoms in total. The predicted molar refractivity (Wildman–Crippen MR) is 73.7 cm³/mol. The molecule has 0 spiro atoms. The number of rotatable bonds is 4. The van der Waals surface area contributed by atoms with Crippen LogP contribution in [0.1, 0.15) is 11.3 Å². The van der Waals surface area contributed by atoms with Crippen LogP contribution in [0, 0.1) is 11.6 Å². The van der Waals surface area contributed by atoms with Gasteiger partial charge in [0.25, 0.3) is 0 Å². The average Bonchev–Trinajstić information content (AvgIpc) is 2.42. The Morgan fingerprint density at radius 2 is 1.84 bits per heavy atom. The predicted octanol–water partition coefficient (Wildman–Crippen LogP) is 3.02. The summed E-state index contributed by atoms with van der Waals surface area (Å²) in [6.45, 7) is 0.440. The molecule has 0 aliphatic heterocycles. The Morgan fingerprint density at radius 1 is 1.11 bits per heavy atom. The lowest BCUT2D eigenvalue weighted by Gasteiger charge is -2.09. The van der Waals surface area contributed by atoms with Crippen LogP contribution in [0.2, 0.25) is 0 Å². The number of aromatic nitrogens is 1. The summed E-state index contributed by atoms with van der Waals surface area (Å²) in [6.07, 6.45) is 1.72. The van der Waals surface area contributed by atoms with Crippen LogP contribution in [0.25, 0.3) is 0 Å². The van der Waals surface area contributed by atoms with Gasteiger partial charge < -0.3 is 5.32 Å². The maximum Gasteiger partial charge on any atom is 0.129 e. The lowest BCUT2D eigenvalue weighted by Crippen LogP contribution is -2.24. The van der Waals surface area contributed by atoms with E-state index in [4.69, 9.17) is 12.2 Å². The third kappa shape index (κ3) is 3.79. The summed E-state index contributed by atoms with van der Waals surface area (Å²) < 4.78 is 26.9. The third-order valence-corrected chi connectivity index (χ3v) is 2.88. The van der Waals surface area contributed by atoms with E-state index in [1.807, 2.05) is 18.2 Å². The third-order valence-electron chi connectivity index (χ3n) is 2.59. The van der Waals surface area contributed by atoms with Gasteiger partial charge in [0.2, 0.25) is 0 Å². The fourth-order valence-electron chi connectivity index (χ4n) is 1.62. The molecule has 5 heteroatoms. The van der Waals surface area contributed by atoms with Crippen molar-refractivity contribution in [1.29, 1.82) is 0 Å². The molecule has 0 unspecified atom stereocenters. The maximum atomic E-state index is 13.4. The smallest absolute Gasteiger partial charge is 0.129 e. The first-order valence-corrected chi connectivity index (χ1v) is 6.17. The maximum absolute atomic E-state index is 13.4. The van der Waals surface area contributed by atoms with Gasteiger partial charge in [-0.3, -0.25) is 4.98 Å². The molecule has 2 aromatic rings. The number of thiocarbonyl (C=S) groups is 1. The van der Waals surface area contributed by atoms with Crippen LogP contribution in [0.4, 0.5) is 8.78 Å². The van der Waals surface area contributed by atoms with Gasteiger partial charge in [-0.15, -0.1) is 0 Å².